The van der Waals surface area contributed by atoms with Crippen LogP contribution in [-0.2, 0) is 13.9 Å². The number of aromatic nitrogens is 4. The summed E-state index contributed by atoms with van der Waals surface area (Å²) in [7, 11) is -2.90. The Kier molecular flexibility index (Phi) is 9.44. The van der Waals surface area contributed by atoms with Crippen molar-refractivity contribution in [3.8, 4) is 0 Å². The molecule has 0 bridgehead atoms. The quantitative estimate of drug-likeness (QED) is 0.159. The second-order valence-electron chi connectivity index (χ2n) is 12.5. The number of fused-ring (bicyclic) bond motifs is 1. The number of benzene rings is 3. The molecule has 4 atom stereocenters. The molecule has 1 amide bonds. The van der Waals surface area contributed by atoms with Crippen molar-refractivity contribution in [2.45, 2.75) is 50.3 Å². The van der Waals surface area contributed by atoms with Gasteiger partial charge in [-0.3, -0.25) is 9.36 Å². The van der Waals surface area contributed by atoms with Gasteiger partial charge in [-0.1, -0.05) is 106 Å². The van der Waals surface area contributed by atoms with Gasteiger partial charge in [-0.25, -0.2) is 15.0 Å². The molecule has 1 aliphatic heterocycles. The molecular formula is C36H39N5O5Si. The number of rotatable bonds is 11. The summed E-state index contributed by atoms with van der Waals surface area (Å²) in [6.45, 7) is 10.8. The highest BCUT2D eigenvalue weighted by Gasteiger charge is 2.53. The smallest absolute Gasteiger partial charge is 0.261 e. The average Bonchev–Trinajstić information content (AvgIpc) is 3.65. The SMILES string of the molecule is C=CCO[C@H]1[C@@H](O)[C@H](n2cnc3c(NC(=O)c4ccccc4)ncnc32)O[C@@H]1CO[Si](c1ccccc1)(c1ccccc1)C(C)(C)C. The Morgan fingerprint density at radius 1 is 0.979 bits per heavy atom. The maximum Gasteiger partial charge on any atom is 0.261 e. The van der Waals surface area contributed by atoms with E-state index in [9.17, 15) is 9.90 Å². The Balaban J connectivity index is 1.32. The summed E-state index contributed by atoms with van der Waals surface area (Å²) in [6.07, 6.45) is 1.18. The van der Waals surface area contributed by atoms with E-state index < -0.39 is 32.9 Å². The van der Waals surface area contributed by atoms with Crippen molar-refractivity contribution in [2.24, 2.45) is 0 Å². The number of carbonyl (C=O) groups is 1. The van der Waals surface area contributed by atoms with Crippen LogP contribution in [0.1, 0.15) is 37.4 Å². The number of amides is 1. The molecule has 1 aliphatic rings. The number of ether oxygens (including phenoxy) is 2. The lowest BCUT2D eigenvalue weighted by molar-refractivity contribution is -0.0534. The van der Waals surface area contributed by atoms with Crippen molar-refractivity contribution in [1.82, 2.24) is 19.5 Å². The summed E-state index contributed by atoms with van der Waals surface area (Å²) in [5.74, 6) is -0.0724. The molecule has 0 radical (unpaired) electrons. The van der Waals surface area contributed by atoms with Crippen LogP contribution >= 0.6 is 0 Å². The van der Waals surface area contributed by atoms with Crippen LogP contribution in [0.25, 0.3) is 11.2 Å². The Morgan fingerprint density at radius 2 is 1.60 bits per heavy atom. The first-order chi connectivity index (χ1) is 22.7. The van der Waals surface area contributed by atoms with E-state index in [4.69, 9.17) is 13.9 Å². The molecule has 5 aromatic rings. The second kappa shape index (κ2) is 13.7. The minimum atomic E-state index is -2.90. The van der Waals surface area contributed by atoms with Gasteiger partial charge >= 0.3 is 0 Å². The molecule has 10 nitrogen and oxygen atoms in total. The normalized spacial score (nSPS) is 19.9. The zero-order valence-electron chi connectivity index (χ0n) is 26.7. The van der Waals surface area contributed by atoms with E-state index in [2.05, 4.69) is 71.9 Å². The van der Waals surface area contributed by atoms with Crippen molar-refractivity contribution < 1.29 is 23.8 Å². The molecule has 11 heteroatoms. The van der Waals surface area contributed by atoms with Crippen LogP contribution in [0, 0.1) is 0 Å². The Bertz CT molecular complexity index is 1770. The summed E-state index contributed by atoms with van der Waals surface area (Å²) < 4.78 is 21.5. The molecule has 0 spiro atoms. The number of carbonyl (C=O) groups excluding carboxylic acids is 1. The summed E-state index contributed by atoms with van der Waals surface area (Å²) >= 11 is 0. The standard InChI is InChI=1S/C36H39N5O5Si/c1-5-21-44-31-28(22-45-47(36(2,3)4,26-17-11-7-12-18-26)27-19-13-8-14-20-27)46-35(30(31)42)41-24-39-29-32(37-23-38-33(29)41)40-34(43)25-15-9-6-10-16-25/h5-20,23-24,28,30-31,35,42H,1,21-22H2,2-4H3,(H,37,38,40,43)/t28-,30-,31-,35-/m1/s1. The molecule has 242 valence electrons. The molecule has 3 aromatic carbocycles. The first-order valence-corrected chi connectivity index (χ1v) is 17.5. The summed E-state index contributed by atoms with van der Waals surface area (Å²) in [5.41, 5.74) is 1.24. The maximum absolute atomic E-state index is 12.9. The predicted molar refractivity (Wildman–Crippen MR) is 183 cm³/mol. The fraction of sp³-hybridized carbons (Fsp3) is 0.278. The largest absolute Gasteiger partial charge is 0.405 e. The van der Waals surface area contributed by atoms with Gasteiger partial charge in [0, 0.05) is 5.56 Å². The van der Waals surface area contributed by atoms with Crippen LogP contribution in [0.15, 0.2) is 116 Å². The molecule has 6 rings (SSSR count). The van der Waals surface area contributed by atoms with E-state index in [1.54, 1.807) is 34.9 Å². The van der Waals surface area contributed by atoms with Gasteiger partial charge in [-0.15, -0.1) is 6.58 Å². The van der Waals surface area contributed by atoms with Gasteiger partial charge in [0.15, 0.2) is 23.2 Å². The summed E-state index contributed by atoms with van der Waals surface area (Å²) in [4.78, 5) is 26.1. The number of nitrogens with one attached hydrogen (secondary N) is 1. The lowest BCUT2D eigenvalue weighted by atomic mass is 10.1. The van der Waals surface area contributed by atoms with Crippen LogP contribution in [0.4, 0.5) is 5.82 Å². The molecule has 2 aromatic heterocycles. The highest BCUT2D eigenvalue weighted by Crippen LogP contribution is 2.39. The van der Waals surface area contributed by atoms with E-state index in [0.717, 1.165) is 10.4 Å². The molecule has 2 N–H and O–H groups in total. The first kappa shape index (κ1) is 32.4. The first-order valence-electron chi connectivity index (χ1n) is 15.6. The molecule has 47 heavy (non-hydrogen) atoms. The van der Waals surface area contributed by atoms with Gasteiger partial charge in [0.25, 0.3) is 14.2 Å². The van der Waals surface area contributed by atoms with Crippen LogP contribution in [0.2, 0.25) is 5.04 Å². The number of anilines is 1. The molecule has 0 saturated carbocycles. The number of aliphatic hydroxyl groups is 1. The summed E-state index contributed by atoms with van der Waals surface area (Å²) in [5, 5.41) is 16.5. The molecular weight excluding hydrogens is 611 g/mol. The topological polar surface area (TPSA) is 121 Å². The van der Waals surface area contributed by atoms with Crippen molar-refractivity contribution >= 4 is 41.6 Å². The third-order valence-electron chi connectivity index (χ3n) is 8.50. The van der Waals surface area contributed by atoms with E-state index >= 15 is 0 Å². The van der Waals surface area contributed by atoms with Crippen molar-refractivity contribution in [1.29, 1.82) is 0 Å². The van der Waals surface area contributed by atoms with Crippen molar-refractivity contribution in [3.63, 3.8) is 0 Å². The van der Waals surface area contributed by atoms with Crippen molar-refractivity contribution in [2.75, 3.05) is 18.5 Å². The van der Waals surface area contributed by atoms with Crippen LogP contribution in [-0.4, -0.2) is 70.4 Å². The van der Waals surface area contributed by atoms with Gasteiger partial charge < -0.3 is 24.3 Å². The zero-order valence-corrected chi connectivity index (χ0v) is 27.7. The van der Waals surface area contributed by atoms with Crippen LogP contribution in [0.5, 0.6) is 0 Å². The van der Waals surface area contributed by atoms with Gasteiger partial charge in [0.05, 0.1) is 19.5 Å². The van der Waals surface area contributed by atoms with E-state index in [1.165, 1.54) is 12.7 Å². The molecule has 1 fully saturated rings. The highest BCUT2D eigenvalue weighted by molar-refractivity contribution is 6.99. The lowest BCUT2D eigenvalue weighted by Crippen LogP contribution is -2.67. The van der Waals surface area contributed by atoms with E-state index in [1.807, 2.05) is 42.5 Å². The molecule has 3 heterocycles. The van der Waals surface area contributed by atoms with Crippen molar-refractivity contribution in [3.05, 3.63) is 122 Å². The molecule has 0 aliphatic carbocycles. The van der Waals surface area contributed by atoms with E-state index in [-0.39, 0.29) is 30.0 Å². The van der Waals surface area contributed by atoms with Gasteiger partial charge in [-0.05, 0) is 27.5 Å². The minimum absolute atomic E-state index is 0.169. The number of hydrogen-bond donors (Lipinski definition) is 2. The average molecular weight is 650 g/mol. The number of nitrogens with zero attached hydrogens (tertiary/aromatic N) is 4. The fourth-order valence-electron chi connectivity index (χ4n) is 6.34. The zero-order chi connectivity index (χ0) is 33.0. The van der Waals surface area contributed by atoms with Crippen LogP contribution in [0.3, 0.4) is 0 Å². The summed E-state index contributed by atoms with van der Waals surface area (Å²) in [6, 6.07) is 29.6. The minimum Gasteiger partial charge on any atom is -0.405 e. The highest BCUT2D eigenvalue weighted by atomic mass is 28.4. The van der Waals surface area contributed by atoms with Gasteiger partial charge in [0.2, 0.25) is 0 Å². The lowest BCUT2D eigenvalue weighted by Gasteiger charge is -2.43. The Labute approximate surface area is 275 Å². The number of imidazole rings is 1. The Morgan fingerprint density at radius 3 is 2.19 bits per heavy atom. The second-order valence-corrected chi connectivity index (χ2v) is 16.8. The fourth-order valence-corrected chi connectivity index (χ4v) is 10.9. The van der Waals surface area contributed by atoms with Gasteiger partial charge in [0.1, 0.15) is 24.6 Å². The van der Waals surface area contributed by atoms with Crippen LogP contribution < -0.4 is 15.7 Å². The number of hydrogen-bond acceptors (Lipinski definition) is 8. The molecule has 1 saturated heterocycles. The Hall–Kier alpha value is -4.52. The monoisotopic (exact) mass is 649 g/mol. The van der Waals surface area contributed by atoms with E-state index in [0.29, 0.717) is 16.7 Å². The predicted octanol–water partition coefficient (Wildman–Crippen LogP) is 4.48. The third kappa shape index (κ3) is 6.28. The maximum atomic E-state index is 12.9. The number of aliphatic hydroxyl groups excluding tert-OH is 1. The molecule has 0 unspecified atom stereocenters. The van der Waals surface area contributed by atoms with Gasteiger partial charge in [-0.2, -0.15) is 0 Å². The third-order valence-corrected chi connectivity index (χ3v) is 13.5.